The summed E-state index contributed by atoms with van der Waals surface area (Å²) < 4.78 is 43.2. The molecule has 10 heteroatoms. The van der Waals surface area contributed by atoms with Gasteiger partial charge in [0.05, 0.1) is 11.4 Å². The van der Waals surface area contributed by atoms with Gasteiger partial charge in [0.2, 0.25) is 5.91 Å². The van der Waals surface area contributed by atoms with E-state index in [-0.39, 0.29) is 42.3 Å². The molecule has 156 valence electrons. The molecule has 2 rings (SSSR count). The summed E-state index contributed by atoms with van der Waals surface area (Å²) in [5.74, 6) is -2.18. The number of amides is 2. The number of benzene rings is 1. The minimum absolute atomic E-state index is 0.0439. The number of ether oxygens (including phenoxy) is 1. The van der Waals surface area contributed by atoms with Crippen molar-refractivity contribution in [2.45, 2.75) is 51.4 Å². The van der Waals surface area contributed by atoms with E-state index in [1.54, 1.807) is 5.32 Å². The van der Waals surface area contributed by atoms with Crippen molar-refractivity contribution in [1.29, 1.82) is 0 Å². The molecule has 1 aliphatic rings. The van der Waals surface area contributed by atoms with Crippen LogP contribution in [0.5, 0.6) is 5.75 Å². The first-order chi connectivity index (χ1) is 12.9. The van der Waals surface area contributed by atoms with E-state index in [0.717, 1.165) is 0 Å². The molecule has 1 aromatic rings. The van der Waals surface area contributed by atoms with E-state index in [2.05, 4.69) is 10.6 Å². The van der Waals surface area contributed by atoms with Crippen LogP contribution in [0.3, 0.4) is 0 Å². The molecule has 7 nitrogen and oxygen atoms in total. The number of alkyl halides is 3. The summed E-state index contributed by atoms with van der Waals surface area (Å²) in [6.07, 6.45) is -5.49. The number of anilines is 2. The first kappa shape index (κ1) is 22.0. The number of fused-ring (bicyclic) bond motifs is 1. The summed E-state index contributed by atoms with van der Waals surface area (Å²) in [4.78, 5) is 22.9. The van der Waals surface area contributed by atoms with Gasteiger partial charge in [0.15, 0.2) is 0 Å². The number of halogens is 3. The molecule has 1 aromatic carbocycles. The molecular weight excluding hydrogens is 379 g/mol. The predicted octanol–water partition coefficient (Wildman–Crippen LogP) is 2.20. The Balaban J connectivity index is 2.15. The molecule has 0 fully saturated rings. The Labute approximate surface area is 160 Å². The number of β-amino-alcohol motifs (C(OH)–C–C–N with tert-alkyl or cyclic N) is 1. The molecule has 1 unspecified atom stereocenters. The van der Waals surface area contributed by atoms with Crippen LogP contribution in [0.4, 0.5) is 24.5 Å². The standard InChI is InChI=1S/C18H24F3N3O4/c1-17(2,3)22-8-10(25)9-28-13-6-5-12(23-16(27)18(19,20)21)15-11(13)4-7-14(26)24-15/h5-6,10,22,25H,4,7-9H2,1-3H3,(H,23,27)(H,24,26). The second-order valence-electron chi connectivity index (χ2n) is 7.56. The lowest BCUT2D eigenvalue weighted by molar-refractivity contribution is -0.167. The highest BCUT2D eigenvalue weighted by atomic mass is 19.4. The van der Waals surface area contributed by atoms with E-state index in [0.29, 0.717) is 17.9 Å². The Bertz CT molecular complexity index is 745. The van der Waals surface area contributed by atoms with Crippen molar-refractivity contribution < 1.29 is 32.6 Å². The molecule has 28 heavy (non-hydrogen) atoms. The summed E-state index contributed by atoms with van der Waals surface area (Å²) in [5, 5.41) is 17.4. The van der Waals surface area contributed by atoms with Crippen molar-refractivity contribution in [2.24, 2.45) is 0 Å². The molecule has 0 bridgehead atoms. The van der Waals surface area contributed by atoms with Crippen LogP contribution in [0.1, 0.15) is 32.8 Å². The average molecular weight is 403 g/mol. The van der Waals surface area contributed by atoms with Crippen LogP contribution in [-0.4, -0.2) is 47.9 Å². The number of carbonyl (C=O) groups excluding carboxylic acids is 2. The summed E-state index contributed by atoms with van der Waals surface area (Å²) in [6.45, 7) is 6.11. The third-order valence-electron chi connectivity index (χ3n) is 3.94. The van der Waals surface area contributed by atoms with Crippen LogP contribution in [0.2, 0.25) is 0 Å². The van der Waals surface area contributed by atoms with Gasteiger partial charge in [-0.05, 0) is 39.3 Å². The quantitative estimate of drug-likeness (QED) is 0.584. The maximum Gasteiger partial charge on any atom is 0.471 e. The van der Waals surface area contributed by atoms with Crippen molar-refractivity contribution in [3.63, 3.8) is 0 Å². The van der Waals surface area contributed by atoms with Crippen molar-refractivity contribution in [3.8, 4) is 5.75 Å². The number of hydrogen-bond donors (Lipinski definition) is 4. The second kappa shape index (κ2) is 8.36. The second-order valence-corrected chi connectivity index (χ2v) is 7.56. The van der Waals surface area contributed by atoms with Gasteiger partial charge in [-0.25, -0.2) is 0 Å². The van der Waals surface area contributed by atoms with E-state index < -0.39 is 18.2 Å². The van der Waals surface area contributed by atoms with Gasteiger partial charge in [-0.2, -0.15) is 13.2 Å². The maximum atomic E-state index is 12.5. The van der Waals surface area contributed by atoms with Crippen LogP contribution in [0.15, 0.2) is 12.1 Å². The maximum absolute atomic E-state index is 12.5. The third-order valence-corrected chi connectivity index (χ3v) is 3.94. The van der Waals surface area contributed by atoms with E-state index in [4.69, 9.17) is 4.74 Å². The third kappa shape index (κ3) is 6.10. The fraction of sp³-hybridized carbons (Fsp3) is 0.556. The zero-order valence-corrected chi connectivity index (χ0v) is 15.9. The van der Waals surface area contributed by atoms with E-state index >= 15 is 0 Å². The van der Waals surface area contributed by atoms with E-state index in [1.807, 2.05) is 20.8 Å². The van der Waals surface area contributed by atoms with Crippen LogP contribution >= 0.6 is 0 Å². The lowest BCUT2D eigenvalue weighted by Gasteiger charge is -2.25. The van der Waals surface area contributed by atoms with Crippen LogP contribution in [0.25, 0.3) is 0 Å². The highest BCUT2D eigenvalue weighted by molar-refractivity contribution is 6.04. The summed E-state index contributed by atoms with van der Waals surface area (Å²) >= 11 is 0. The zero-order valence-electron chi connectivity index (χ0n) is 15.9. The molecule has 4 N–H and O–H groups in total. The van der Waals surface area contributed by atoms with Gasteiger partial charge in [-0.1, -0.05) is 0 Å². The normalized spacial score (nSPS) is 15.5. The SMILES string of the molecule is CC(C)(C)NCC(O)COc1ccc(NC(=O)C(F)(F)F)c2c1CCC(=O)N2. The molecule has 0 aliphatic carbocycles. The Kier molecular flexibility index (Phi) is 6.56. The molecule has 0 saturated carbocycles. The van der Waals surface area contributed by atoms with Crippen molar-refractivity contribution in [1.82, 2.24) is 5.32 Å². The number of aliphatic hydroxyl groups is 1. The first-order valence-corrected chi connectivity index (χ1v) is 8.76. The van der Waals surface area contributed by atoms with Gasteiger partial charge in [0, 0.05) is 24.1 Å². The molecule has 1 heterocycles. The van der Waals surface area contributed by atoms with Crippen LogP contribution < -0.4 is 20.7 Å². The minimum atomic E-state index is -5.05. The van der Waals surface area contributed by atoms with Gasteiger partial charge in [0.1, 0.15) is 18.5 Å². The van der Waals surface area contributed by atoms with Crippen molar-refractivity contribution in [2.75, 3.05) is 23.8 Å². The van der Waals surface area contributed by atoms with Crippen molar-refractivity contribution >= 4 is 23.2 Å². The molecule has 0 aromatic heterocycles. The fourth-order valence-electron chi connectivity index (χ4n) is 2.56. The Hall–Kier alpha value is -2.33. The molecule has 0 spiro atoms. The lowest BCUT2D eigenvalue weighted by Crippen LogP contribution is -2.42. The fourth-order valence-corrected chi connectivity index (χ4v) is 2.56. The van der Waals surface area contributed by atoms with Crippen LogP contribution in [0, 0.1) is 0 Å². The molecule has 2 amide bonds. The van der Waals surface area contributed by atoms with Gasteiger partial charge in [-0.3, -0.25) is 9.59 Å². The molecule has 1 atom stereocenters. The number of aliphatic hydroxyl groups excluding tert-OH is 1. The Morgan fingerprint density at radius 3 is 2.57 bits per heavy atom. The lowest BCUT2D eigenvalue weighted by atomic mass is 10.0. The molecular formula is C18H24F3N3O4. The Morgan fingerprint density at radius 2 is 1.96 bits per heavy atom. The zero-order chi connectivity index (χ0) is 21.1. The van der Waals surface area contributed by atoms with Crippen molar-refractivity contribution in [3.05, 3.63) is 17.7 Å². The number of rotatable bonds is 6. The molecule has 0 saturated heterocycles. The van der Waals surface area contributed by atoms with Gasteiger partial charge < -0.3 is 25.8 Å². The molecule has 0 radical (unpaired) electrons. The number of nitrogens with one attached hydrogen (secondary N) is 3. The first-order valence-electron chi connectivity index (χ1n) is 8.76. The minimum Gasteiger partial charge on any atom is -0.490 e. The summed E-state index contributed by atoms with van der Waals surface area (Å²) in [7, 11) is 0. The van der Waals surface area contributed by atoms with Crippen LogP contribution in [-0.2, 0) is 16.0 Å². The monoisotopic (exact) mass is 403 g/mol. The number of hydrogen-bond acceptors (Lipinski definition) is 5. The van der Waals surface area contributed by atoms with E-state index in [1.165, 1.54) is 12.1 Å². The summed E-state index contributed by atoms with van der Waals surface area (Å²) in [6, 6.07) is 2.63. The number of carbonyl (C=O) groups is 2. The highest BCUT2D eigenvalue weighted by Gasteiger charge is 2.39. The van der Waals surface area contributed by atoms with Gasteiger partial charge >= 0.3 is 12.1 Å². The summed E-state index contributed by atoms with van der Waals surface area (Å²) in [5.41, 5.74) is 0.208. The smallest absolute Gasteiger partial charge is 0.471 e. The predicted molar refractivity (Wildman–Crippen MR) is 97.3 cm³/mol. The van der Waals surface area contributed by atoms with Gasteiger partial charge in [-0.15, -0.1) is 0 Å². The van der Waals surface area contributed by atoms with Gasteiger partial charge in [0.25, 0.3) is 0 Å². The average Bonchev–Trinajstić information content (AvgIpc) is 2.57. The molecule has 1 aliphatic heterocycles. The van der Waals surface area contributed by atoms with E-state index in [9.17, 15) is 27.9 Å². The Morgan fingerprint density at radius 1 is 1.29 bits per heavy atom. The topological polar surface area (TPSA) is 99.7 Å². The largest absolute Gasteiger partial charge is 0.490 e. The highest BCUT2D eigenvalue weighted by Crippen LogP contribution is 2.38.